The van der Waals surface area contributed by atoms with Gasteiger partial charge in [-0.3, -0.25) is 0 Å². The van der Waals surface area contributed by atoms with Crippen LogP contribution in [0.3, 0.4) is 0 Å². The zero-order valence-corrected chi connectivity index (χ0v) is 11.1. The van der Waals surface area contributed by atoms with Gasteiger partial charge in [-0.05, 0) is 36.8 Å². The Morgan fingerprint density at radius 1 is 1.20 bits per heavy atom. The molecule has 0 nitrogen and oxygen atoms in total. The zero-order chi connectivity index (χ0) is 11.1. The molecule has 82 valence electrons. The van der Waals surface area contributed by atoms with Crippen LogP contribution in [0.25, 0.3) is 0 Å². The maximum atomic E-state index is 3.62. The van der Waals surface area contributed by atoms with Crippen LogP contribution in [-0.4, -0.2) is 0 Å². The normalized spacial score (nSPS) is 13.3. The summed E-state index contributed by atoms with van der Waals surface area (Å²) in [6, 6.07) is 8.54. The van der Waals surface area contributed by atoms with Crippen LogP contribution < -0.4 is 0 Å². The van der Waals surface area contributed by atoms with E-state index < -0.39 is 0 Å². The molecule has 0 saturated heterocycles. The van der Waals surface area contributed by atoms with Gasteiger partial charge in [-0.1, -0.05) is 60.1 Å². The van der Waals surface area contributed by atoms with Crippen molar-refractivity contribution in [2.24, 2.45) is 0 Å². The molecule has 0 N–H and O–H groups in total. The van der Waals surface area contributed by atoms with Crippen LogP contribution in [0, 0.1) is 0 Å². The number of hydrogen-bond acceptors (Lipinski definition) is 0. The van der Waals surface area contributed by atoms with Crippen molar-refractivity contribution < 1.29 is 0 Å². The molecule has 0 heterocycles. The first kappa shape index (κ1) is 12.5. The molecule has 0 amide bonds. The smallest absolute Gasteiger partial charge is 0.0210 e. The predicted octanol–water partition coefficient (Wildman–Crippen LogP) is 5.30. The Morgan fingerprint density at radius 3 is 2.53 bits per heavy atom. The van der Waals surface area contributed by atoms with Gasteiger partial charge in [0, 0.05) is 4.47 Å². The molecule has 1 aromatic rings. The van der Waals surface area contributed by atoms with E-state index in [9.17, 15) is 0 Å². The molecule has 15 heavy (non-hydrogen) atoms. The SMILES string of the molecule is CC/C=C\CC(CC)c1ccccc1Br. The molecule has 1 unspecified atom stereocenters. The van der Waals surface area contributed by atoms with E-state index in [1.54, 1.807) is 0 Å². The molecule has 1 aromatic carbocycles. The van der Waals surface area contributed by atoms with E-state index >= 15 is 0 Å². The standard InChI is InChI=1S/C14H19Br/c1-3-5-6-9-12(4-2)13-10-7-8-11-14(13)15/h5-8,10-12H,3-4,9H2,1-2H3/b6-5-. The fraction of sp³-hybridized carbons (Fsp3) is 0.429. The first-order valence-electron chi connectivity index (χ1n) is 5.69. The molecule has 0 spiro atoms. The summed E-state index contributed by atoms with van der Waals surface area (Å²) in [5, 5.41) is 0. The van der Waals surface area contributed by atoms with Gasteiger partial charge >= 0.3 is 0 Å². The molecule has 1 heteroatoms. The summed E-state index contributed by atoms with van der Waals surface area (Å²) in [5.41, 5.74) is 1.43. The minimum absolute atomic E-state index is 0.642. The maximum absolute atomic E-state index is 3.62. The van der Waals surface area contributed by atoms with Crippen molar-refractivity contribution in [1.29, 1.82) is 0 Å². The van der Waals surface area contributed by atoms with Gasteiger partial charge in [0.1, 0.15) is 0 Å². The molecular weight excluding hydrogens is 248 g/mol. The third-order valence-electron chi connectivity index (χ3n) is 2.66. The van der Waals surface area contributed by atoms with Crippen molar-refractivity contribution in [2.45, 2.75) is 39.0 Å². The van der Waals surface area contributed by atoms with E-state index in [1.807, 2.05) is 0 Å². The maximum Gasteiger partial charge on any atom is 0.0210 e. The molecule has 0 bridgehead atoms. The Hall–Kier alpha value is -0.560. The van der Waals surface area contributed by atoms with Crippen LogP contribution in [0.2, 0.25) is 0 Å². The number of hydrogen-bond donors (Lipinski definition) is 0. The van der Waals surface area contributed by atoms with Crippen LogP contribution in [0.4, 0.5) is 0 Å². The average Bonchev–Trinajstić information content (AvgIpc) is 2.26. The molecule has 0 aliphatic rings. The van der Waals surface area contributed by atoms with Gasteiger partial charge < -0.3 is 0 Å². The lowest BCUT2D eigenvalue weighted by molar-refractivity contribution is 0.670. The lowest BCUT2D eigenvalue weighted by atomic mass is 9.93. The zero-order valence-electron chi connectivity index (χ0n) is 9.54. The van der Waals surface area contributed by atoms with Crippen LogP contribution in [0.5, 0.6) is 0 Å². The largest absolute Gasteiger partial charge is 0.0888 e. The third kappa shape index (κ3) is 3.83. The molecule has 1 atom stereocenters. The summed E-state index contributed by atoms with van der Waals surface area (Å²) in [5.74, 6) is 0.642. The molecule has 0 aromatic heterocycles. The third-order valence-corrected chi connectivity index (χ3v) is 3.38. The number of rotatable bonds is 5. The van der Waals surface area contributed by atoms with Crippen LogP contribution >= 0.6 is 15.9 Å². The monoisotopic (exact) mass is 266 g/mol. The van der Waals surface area contributed by atoms with E-state index in [1.165, 1.54) is 16.5 Å². The van der Waals surface area contributed by atoms with E-state index in [-0.39, 0.29) is 0 Å². The second kappa shape index (κ2) is 6.84. The first-order valence-corrected chi connectivity index (χ1v) is 6.48. The van der Waals surface area contributed by atoms with E-state index in [2.05, 4.69) is 66.2 Å². The van der Waals surface area contributed by atoms with E-state index in [0.717, 1.165) is 12.8 Å². The molecule has 0 fully saturated rings. The Morgan fingerprint density at radius 2 is 1.93 bits per heavy atom. The predicted molar refractivity (Wildman–Crippen MR) is 71.2 cm³/mol. The number of benzene rings is 1. The summed E-state index contributed by atoms with van der Waals surface area (Å²) in [4.78, 5) is 0. The quantitative estimate of drug-likeness (QED) is 0.635. The summed E-state index contributed by atoms with van der Waals surface area (Å²) in [6.45, 7) is 4.43. The molecular formula is C14H19Br. The van der Waals surface area contributed by atoms with Crippen LogP contribution in [0.1, 0.15) is 44.6 Å². The van der Waals surface area contributed by atoms with Gasteiger partial charge in [0.2, 0.25) is 0 Å². The highest BCUT2D eigenvalue weighted by molar-refractivity contribution is 9.10. The lowest BCUT2D eigenvalue weighted by Crippen LogP contribution is -1.96. The Kier molecular flexibility index (Phi) is 5.70. The Bertz CT molecular complexity index is 315. The van der Waals surface area contributed by atoms with Gasteiger partial charge in [0.25, 0.3) is 0 Å². The van der Waals surface area contributed by atoms with Crippen molar-refractivity contribution in [3.63, 3.8) is 0 Å². The molecule has 1 rings (SSSR count). The van der Waals surface area contributed by atoms with Crippen LogP contribution in [0.15, 0.2) is 40.9 Å². The van der Waals surface area contributed by atoms with Crippen molar-refractivity contribution in [3.8, 4) is 0 Å². The summed E-state index contributed by atoms with van der Waals surface area (Å²) in [6.07, 6.45) is 8.02. The van der Waals surface area contributed by atoms with Crippen molar-refractivity contribution in [1.82, 2.24) is 0 Å². The van der Waals surface area contributed by atoms with Gasteiger partial charge in [0.15, 0.2) is 0 Å². The summed E-state index contributed by atoms with van der Waals surface area (Å²) in [7, 11) is 0. The first-order chi connectivity index (χ1) is 7.29. The Labute approximate surface area is 102 Å². The fourth-order valence-corrected chi connectivity index (χ4v) is 2.36. The summed E-state index contributed by atoms with van der Waals surface area (Å²) >= 11 is 3.62. The van der Waals surface area contributed by atoms with Gasteiger partial charge in [-0.2, -0.15) is 0 Å². The highest BCUT2D eigenvalue weighted by atomic mass is 79.9. The molecule has 0 radical (unpaired) electrons. The van der Waals surface area contributed by atoms with Gasteiger partial charge in [-0.25, -0.2) is 0 Å². The minimum Gasteiger partial charge on any atom is -0.0888 e. The summed E-state index contributed by atoms with van der Waals surface area (Å²) < 4.78 is 1.24. The Balaban J connectivity index is 2.74. The molecule has 0 aliphatic carbocycles. The highest BCUT2D eigenvalue weighted by Gasteiger charge is 2.09. The second-order valence-electron chi connectivity index (χ2n) is 3.74. The van der Waals surface area contributed by atoms with Crippen molar-refractivity contribution >= 4 is 15.9 Å². The minimum atomic E-state index is 0.642. The topological polar surface area (TPSA) is 0 Å². The molecule has 0 aliphatic heterocycles. The van der Waals surface area contributed by atoms with Gasteiger partial charge in [-0.15, -0.1) is 0 Å². The second-order valence-corrected chi connectivity index (χ2v) is 4.60. The van der Waals surface area contributed by atoms with E-state index in [4.69, 9.17) is 0 Å². The van der Waals surface area contributed by atoms with Crippen molar-refractivity contribution in [2.75, 3.05) is 0 Å². The highest BCUT2D eigenvalue weighted by Crippen LogP contribution is 2.29. The van der Waals surface area contributed by atoms with Crippen LogP contribution in [-0.2, 0) is 0 Å². The lowest BCUT2D eigenvalue weighted by Gasteiger charge is -2.14. The average molecular weight is 267 g/mol. The number of halogens is 1. The number of allylic oxidation sites excluding steroid dienone is 2. The fourth-order valence-electron chi connectivity index (χ4n) is 1.75. The van der Waals surface area contributed by atoms with Gasteiger partial charge in [0.05, 0.1) is 0 Å². The van der Waals surface area contributed by atoms with Crippen molar-refractivity contribution in [3.05, 3.63) is 46.5 Å². The molecule has 0 saturated carbocycles. The van der Waals surface area contributed by atoms with E-state index in [0.29, 0.717) is 5.92 Å².